The van der Waals surface area contributed by atoms with Crippen molar-refractivity contribution >= 4 is 5.91 Å². The van der Waals surface area contributed by atoms with Crippen LogP contribution in [0.3, 0.4) is 0 Å². The van der Waals surface area contributed by atoms with Crippen molar-refractivity contribution in [2.45, 2.75) is 25.8 Å². The van der Waals surface area contributed by atoms with Crippen LogP contribution in [0.4, 0.5) is 0 Å². The van der Waals surface area contributed by atoms with Crippen molar-refractivity contribution in [2.75, 3.05) is 0 Å². The number of fused-ring (bicyclic) bond motifs is 1. The monoisotopic (exact) mass is 217 g/mol. The third-order valence-electron chi connectivity index (χ3n) is 3.70. The molecule has 84 valence electrons. The van der Waals surface area contributed by atoms with Gasteiger partial charge in [0.2, 0.25) is 5.91 Å². The zero-order valence-corrected chi connectivity index (χ0v) is 9.10. The molecule has 1 aromatic rings. The highest BCUT2D eigenvalue weighted by atomic mass is 16.1. The molecule has 4 heteroatoms. The number of rotatable bonds is 3. The van der Waals surface area contributed by atoms with Crippen LogP contribution in [0.25, 0.3) is 0 Å². The summed E-state index contributed by atoms with van der Waals surface area (Å²) in [6.07, 6.45) is 6.75. The van der Waals surface area contributed by atoms with Crippen molar-refractivity contribution in [1.82, 2.24) is 15.3 Å². The Bertz CT molecular complexity index is 383. The molecule has 0 bridgehead atoms. The number of carbonyl (C=O) groups is 1. The molecule has 0 saturated heterocycles. The van der Waals surface area contributed by atoms with Crippen molar-refractivity contribution < 1.29 is 4.79 Å². The lowest BCUT2D eigenvalue weighted by Gasteiger charge is -2.11. The summed E-state index contributed by atoms with van der Waals surface area (Å²) in [6, 6.07) is 1.83. The molecule has 2 aliphatic rings. The minimum absolute atomic E-state index is 0.200. The van der Waals surface area contributed by atoms with Gasteiger partial charge >= 0.3 is 0 Å². The van der Waals surface area contributed by atoms with Gasteiger partial charge in [-0.3, -0.25) is 4.79 Å². The Balaban J connectivity index is 1.50. The molecular weight excluding hydrogens is 202 g/mol. The van der Waals surface area contributed by atoms with Crippen LogP contribution < -0.4 is 5.32 Å². The minimum atomic E-state index is 0.200. The van der Waals surface area contributed by atoms with Gasteiger partial charge in [-0.2, -0.15) is 0 Å². The zero-order valence-electron chi connectivity index (χ0n) is 9.10. The lowest BCUT2D eigenvalue weighted by molar-refractivity contribution is -0.125. The third kappa shape index (κ3) is 1.92. The fourth-order valence-corrected chi connectivity index (χ4v) is 2.67. The first-order valence-electron chi connectivity index (χ1n) is 5.85. The van der Waals surface area contributed by atoms with Gasteiger partial charge in [-0.1, -0.05) is 0 Å². The summed E-state index contributed by atoms with van der Waals surface area (Å²) >= 11 is 0. The zero-order chi connectivity index (χ0) is 11.0. The lowest BCUT2D eigenvalue weighted by atomic mass is 10.0. The Morgan fingerprint density at radius 2 is 2.19 bits per heavy atom. The predicted octanol–water partition coefficient (Wildman–Crippen LogP) is 1.14. The summed E-state index contributed by atoms with van der Waals surface area (Å²) in [4.78, 5) is 19.7. The summed E-state index contributed by atoms with van der Waals surface area (Å²) in [5, 5.41) is 2.95. The third-order valence-corrected chi connectivity index (χ3v) is 3.70. The van der Waals surface area contributed by atoms with Gasteiger partial charge in [-0.15, -0.1) is 0 Å². The highest BCUT2D eigenvalue weighted by Gasteiger charge is 2.47. The number of nitrogens with one attached hydrogen (secondary N) is 1. The lowest BCUT2D eigenvalue weighted by Crippen LogP contribution is -2.29. The molecule has 4 nitrogen and oxygen atoms in total. The Labute approximate surface area is 94.5 Å². The number of hydrogen-bond donors (Lipinski definition) is 1. The van der Waals surface area contributed by atoms with Crippen molar-refractivity contribution in [3.8, 4) is 0 Å². The molecule has 1 N–H and O–H groups in total. The molecule has 2 aliphatic carbocycles. The van der Waals surface area contributed by atoms with E-state index < -0.39 is 0 Å². The van der Waals surface area contributed by atoms with Crippen molar-refractivity contribution in [3.05, 3.63) is 24.3 Å². The first kappa shape index (κ1) is 9.75. The van der Waals surface area contributed by atoms with Crippen LogP contribution in [0.15, 0.2) is 18.6 Å². The van der Waals surface area contributed by atoms with Crippen molar-refractivity contribution in [1.29, 1.82) is 0 Å². The van der Waals surface area contributed by atoms with E-state index in [1.807, 2.05) is 6.07 Å². The molecule has 0 radical (unpaired) electrons. The van der Waals surface area contributed by atoms with Gasteiger partial charge in [-0.05, 0) is 37.2 Å². The molecule has 1 aromatic heterocycles. The van der Waals surface area contributed by atoms with Gasteiger partial charge in [0.05, 0.1) is 12.2 Å². The van der Waals surface area contributed by atoms with Crippen LogP contribution in [-0.4, -0.2) is 15.9 Å². The number of hydrogen-bond acceptors (Lipinski definition) is 3. The van der Waals surface area contributed by atoms with Gasteiger partial charge in [0.25, 0.3) is 0 Å². The van der Waals surface area contributed by atoms with Crippen LogP contribution in [0, 0.1) is 17.8 Å². The maximum Gasteiger partial charge on any atom is 0.223 e. The molecule has 2 fully saturated rings. The van der Waals surface area contributed by atoms with E-state index in [9.17, 15) is 4.79 Å². The molecule has 3 rings (SSSR count). The van der Waals surface area contributed by atoms with E-state index in [2.05, 4.69) is 15.3 Å². The summed E-state index contributed by atoms with van der Waals surface area (Å²) < 4.78 is 0. The highest BCUT2D eigenvalue weighted by Crippen LogP contribution is 2.54. The molecule has 0 aromatic carbocycles. The highest BCUT2D eigenvalue weighted by molar-refractivity contribution is 5.79. The van der Waals surface area contributed by atoms with E-state index in [1.165, 1.54) is 12.7 Å². The van der Waals surface area contributed by atoms with Crippen LogP contribution >= 0.6 is 0 Å². The van der Waals surface area contributed by atoms with E-state index in [4.69, 9.17) is 0 Å². The topological polar surface area (TPSA) is 54.9 Å². The Morgan fingerprint density at radius 1 is 1.38 bits per heavy atom. The van der Waals surface area contributed by atoms with E-state index in [1.54, 1.807) is 6.20 Å². The Kier molecular flexibility index (Phi) is 2.35. The fraction of sp³-hybridized carbons (Fsp3) is 0.583. The van der Waals surface area contributed by atoms with E-state index in [-0.39, 0.29) is 11.8 Å². The normalized spacial score (nSPS) is 30.9. The Hall–Kier alpha value is -1.45. The molecule has 1 heterocycles. The average Bonchev–Trinajstić information content (AvgIpc) is 2.94. The number of carbonyl (C=O) groups excluding carboxylic acids is 1. The molecule has 2 atom stereocenters. The average molecular weight is 217 g/mol. The fourth-order valence-electron chi connectivity index (χ4n) is 2.67. The number of amides is 1. The van der Waals surface area contributed by atoms with Crippen molar-refractivity contribution in [3.63, 3.8) is 0 Å². The molecular formula is C12H15N3O. The second-order valence-corrected chi connectivity index (χ2v) is 4.84. The first-order chi connectivity index (χ1) is 7.83. The minimum Gasteiger partial charge on any atom is -0.350 e. The van der Waals surface area contributed by atoms with Crippen LogP contribution in [0.1, 0.15) is 25.0 Å². The second kappa shape index (κ2) is 3.85. The molecule has 16 heavy (non-hydrogen) atoms. The van der Waals surface area contributed by atoms with Gasteiger partial charge in [-0.25, -0.2) is 9.97 Å². The van der Waals surface area contributed by atoms with E-state index in [0.717, 1.165) is 30.4 Å². The molecule has 2 unspecified atom stereocenters. The van der Waals surface area contributed by atoms with Crippen LogP contribution in [0.2, 0.25) is 0 Å². The molecule has 0 spiro atoms. The maximum atomic E-state index is 11.8. The summed E-state index contributed by atoms with van der Waals surface area (Å²) in [6.45, 7) is 0.521. The second-order valence-electron chi connectivity index (χ2n) is 4.84. The van der Waals surface area contributed by atoms with Gasteiger partial charge < -0.3 is 5.32 Å². The van der Waals surface area contributed by atoms with E-state index in [0.29, 0.717) is 6.54 Å². The first-order valence-corrected chi connectivity index (χ1v) is 5.85. The standard InChI is InChI=1S/C12H15N3O/c16-12(10-4-8-3-9(8)5-10)14-6-11-1-2-13-7-15-11/h1-2,7-10H,3-6H2,(H,14,16). The number of nitrogens with zero attached hydrogens (tertiary/aromatic N) is 2. The smallest absolute Gasteiger partial charge is 0.223 e. The van der Waals surface area contributed by atoms with Gasteiger partial charge in [0.15, 0.2) is 0 Å². The quantitative estimate of drug-likeness (QED) is 0.826. The van der Waals surface area contributed by atoms with Crippen LogP contribution in [0.5, 0.6) is 0 Å². The van der Waals surface area contributed by atoms with Crippen molar-refractivity contribution in [2.24, 2.45) is 17.8 Å². The number of aromatic nitrogens is 2. The Morgan fingerprint density at radius 3 is 2.88 bits per heavy atom. The summed E-state index contributed by atoms with van der Waals surface area (Å²) in [5.41, 5.74) is 0.867. The van der Waals surface area contributed by atoms with Gasteiger partial charge in [0, 0.05) is 12.1 Å². The predicted molar refractivity (Wildman–Crippen MR) is 58.2 cm³/mol. The van der Waals surface area contributed by atoms with E-state index >= 15 is 0 Å². The summed E-state index contributed by atoms with van der Waals surface area (Å²) in [7, 11) is 0. The van der Waals surface area contributed by atoms with Crippen LogP contribution in [-0.2, 0) is 11.3 Å². The molecule has 1 amide bonds. The maximum absolute atomic E-state index is 11.8. The summed E-state index contributed by atoms with van der Waals surface area (Å²) in [5.74, 6) is 2.17. The largest absolute Gasteiger partial charge is 0.350 e. The SMILES string of the molecule is O=C(NCc1ccncn1)C1CC2CC2C1. The molecule has 0 aliphatic heterocycles. The molecule has 2 saturated carbocycles. The van der Waals surface area contributed by atoms with Gasteiger partial charge in [0.1, 0.15) is 6.33 Å².